The average Bonchev–Trinajstić information content (AvgIpc) is 3.71. The maximum atomic E-state index is 5.98. The Labute approximate surface area is 397 Å². The Balaban J connectivity index is 0.000000337. The molecule has 0 nitrogen and oxygen atoms in total. The van der Waals surface area contributed by atoms with E-state index >= 15 is 0 Å². The third-order valence-electron chi connectivity index (χ3n) is 10.7. The van der Waals surface area contributed by atoms with Crippen LogP contribution in [-0.2, 0) is 64.2 Å². The van der Waals surface area contributed by atoms with Crippen LogP contribution in [0.1, 0.15) is 173 Å². The van der Waals surface area contributed by atoms with Gasteiger partial charge in [0.1, 0.15) is 0 Å². The minimum atomic E-state index is 0. The Morgan fingerprint density at radius 1 is 0.610 bits per heavy atom. The number of fused-ring (bicyclic) bond motifs is 3. The molecule has 0 bridgehead atoms. The Morgan fingerprint density at radius 2 is 1.08 bits per heavy atom. The summed E-state index contributed by atoms with van der Waals surface area (Å²) in [6.07, 6.45) is 3.47. The van der Waals surface area contributed by atoms with Crippen LogP contribution in [0.3, 0.4) is 0 Å². The van der Waals surface area contributed by atoms with Crippen LogP contribution in [0.5, 0.6) is 0 Å². The van der Waals surface area contributed by atoms with E-state index in [1.54, 1.807) is 0 Å². The first kappa shape index (κ1) is 53.3. The number of rotatable bonds is 4. The summed E-state index contributed by atoms with van der Waals surface area (Å²) >= 11 is 13.3. The monoisotopic (exact) mass is 946 g/mol. The van der Waals surface area contributed by atoms with E-state index in [1.165, 1.54) is 95.9 Å². The van der Waals surface area contributed by atoms with Crippen LogP contribution < -0.4 is 24.8 Å². The molecule has 0 radical (unpaired) electrons. The van der Waals surface area contributed by atoms with Gasteiger partial charge in [-0.05, 0) is 39.4 Å². The first-order valence-corrected chi connectivity index (χ1v) is 22.7. The molecule has 0 spiro atoms. The number of hydrogen-bond donors (Lipinski definition) is 0. The molecule has 6 rings (SSSR count). The summed E-state index contributed by atoms with van der Waals surface area (Å²) in [6, 6.07) is 34.0. The van der Waals surface area contributed by atoms with E-state index in [1.807, 2.05) is 36.4 Å². The van der Waals surface area contributed by atoms with E-state index in [0.29, 0.717) is 5.41 Å². The van der Waals surface area contributed by atoms with Crippen molar-refractivity contribution in [1.82, 2.24) is 0 Å². The van der Waals surface area contributed by atoms with Crippen LogP contribution in [0.15, 0.2) is 84.9 Å². The Morgan fingerprint density at radius 3 is 1.49 bits per heavy atom. The molecule has 5 aromatic rings. The van der Waals surface area contributed by atoms with Gasteiger partial charge in [-0.15, -0.1) is 16.7 Å². The van der Waals surface area contributed by atoms with Gasteiger partial charge in [0.2, 0.25) is 0 Å². The first-order chi connectivity index (χ1) is 26.1. The third kappa shape index (κ3) is 14.1. The second-order valence-corrected chi connectivity index (χ2v) is 23.2. The minimum Gasteiger partial charge on any atom is -1.00 e. The summed E-state index contributed by atoms with van der Waals surface area (Å²) in [6.45, 7) is 37.0. The first-order valence-electron chi connectivity index (χ1n) is 20.8. The number of aryl methyl sites for hydroxylation is 1. The fourth-order valence-electron chi connectivity index (χ4n) is 7.48. The van der Waals surface area contributed by atoms with E-state index in [0.717, 1.165) is 27.6 Å². The van der Waals surface area contributed by atoms with E-state index in [-0.39, 0.29) is 46.5 Å². The van der Waals surface area contributed by atoms with Crippen LogP contribution in [0.2, 0.25) is 10.0 Å². The largest absolute Gasteiger partial charge is 1.00 e. The van der Waals surface area contributed by atoms with Crippen LogP contribution in [0.25, 0.3) is 11.1 Å². The molecule has 5 aromatic carbocycles. The molecule has 5 heteroatoms. The molecule has 0 amide bonds. The summed E-state index contributed by atoms with van der Waals surface area (Å²) in [4.78, 5) is 0. The third-order valence-corrected chi connectivity index (χ3v) is 12.6. The molecule has 0 unspecified atom stereocenters. The standard InChI is InChI=1S/C29H41.C13H8Cl2.C12H19.2ClH.Zr/c1-26(2,3)22-14-18-13-19-15-23(27(4,5)6)25(29(10,11)12)17-21(19)20(18)16-24(22)28(7,8)9;14-12-5-1-3-10(8-12)7-11-4-2-6-13(15)9-11;1-5-6-10-7-8-11(9-10)12(2,3)4;;;/h14,16-17H,13H2,1-12H3;1-6,8-9H;7-9H,5-6H2,1-4H3;2*1H;/q-1;;-1;;;+2/p-2. The van der Waals surface area contributed by atoms with Crippen molar-refractivity contribution < 1.29 is 49.0 Å². The summed E-state index contributed by atoms with van der Waals surface area (Å²) in [5.41, 5.74) is 17.5. The van der Waals surface area contributed by atoms with Gasteiger partial charge in [-0.25, -0.2) is 6.07 Å². The molecule has 1 aliphatic carbocycles. The zero-order valence-electron chi connectivity index (χ0n) is 38.7. The molecular formula is C54H68Cl4Zr-2. The van der Waals surface area contributed by atoms with Crippen molar-refractivity contribution in [3.05, 3.63) is 157 Å². The normalized spacial score (nSPS) is 12.5. The van der Waals surface area contributed by atoms with Gasteiger partial charge in [0.25, 0.3) is 0 Å². The van der Waals surface area contributed by atoms with Gasteiger partial charge in [-0.3, -0.25) is 0 Å². The molecule has 0 saturated carbocycles. The minimum absolute atomic E-state index is 0. The molecular weight excluding hydrogens is 882 g/mol. The maximum absolute atomic E-state index is 5.98. The fourth-order valence-corrected chi connectivity index (χ4v) is 8.63. The van der Waals surface area contributed by atoms with Gasteiger partial charge in [0.05, 0.1) is 0 Å². The van der Waals surface area contributed by atoms with Crippen molar-refractivity contribution >= 4 is 26.4 Å². The van der Waals surface area contributed by atoms with Gasteiger partial charge in [0.15, 0.2) is 0 Å². The molecule has 318 valence electrons. The van der Waals surface area contributed by atoms with Crippen LogP contribution in [-0.4, -0.2) is 3.21 Å². The van der Waals surface area contributed by atoms with Crippen molar-refractivity contribution in [3.63, 3.8) is 0 Å². The Hall–Kier alpha value is -1.86. The molecule has 0 heterocycles. The SMILES string of the molecule is CC(C)(C)c1[c-]c2c(cc1C(C)(C)C)-c1cc(C(C)(C)C)c(C(C)(C)C)cc1C2.CCCc1cc(C(C)(C)C)c[cH-]1.Clc1cccc([C](=[Zr+2])c2cccc(Cl)c2)c1.[Cl-].[Cl-]. The van der Waals surface area contributed by atoms with Crippen molar-refractivity contribution in [3.8, 4) is 11.1 Å². The van der Waals surface area contributed by atoms with E-state index in [9.17, 15) is 0 Å². The van der Waals surface area contributed by atoms with Crippen LogP contribution in [0.4, 0.5) is 0 Å². The zero-order chi connectivity index (χ0) is 42.9. The summed E-state index contributed by atoms with van der Waals surface area (Å²) in [5, 5.41) is 1.53. The van der Waals surface area contributed by atoms with Crippen molar-refractivity contribution in [2.24, 2.45) is 0 Å². The van der Waals surface area contributed by atoms with Crippen LogP contribution in [0, 0.1) is 6.07 Å². The van der Waals surface area contributed by atoms with Gasteiger partial charge < -0.3 is 24.8 Å². The molecule has 0 N–H and O–H groups in total. The van der Waals surface area contributed by atoms with E-state index in [4.69, 9.17) is 23.2 Å². The molecule has 0 fully saturated rings. The smallest absolute Gasteiger partial charge is 1.00 e. The molecule has 1 aliphatic rings. The van der Waals surface area contributed by atoms with Gasteiger partial charge in [0, 0.05) is 0 Å². The number of hydrogen-bond acceptors (Lipinski definition) is 0. The quantitative estimate of drug-likeness (QED) is 0.155. The zero-order valence-corrected chi connectivity index (χ0v) is 44.2. The molecule has 0 aromatic heterocycles. The second-order valence-electron chi connectivity index (χ2n) is 21.1. The van der Waals surface area contributed by atoms with Gasteiger partial charge >= 0.3 is 120 Å². The topological polar surface area (TPSA) is 0 Å². The molecule has 59 heavy (non-hydrogen) atoms. The number of benzene rings is 4. The summed E-state index contributed by atoms with van der Waals surface area (Å²) in [7, 11) is 0. The fraction of sp³-hybridized carbons (Fsp3) is 0.444. The predicted molar refractivity (Wildman–Crippen MR) is 249 cm³/mol. The van der Waals surface area contributed by atoms with Gasteiger partial charge in [-0.1, -0.05) is 152 Å². The predicted octanol–water partition coefficient (Wildman–Crippen LogP) is 10.0. The Bertz CT molecular complexity index is 2060. The maximum Gasteiger partial charge on any atom is -1.00 e. The molecule has 0 saturated heterocycles. The number of halogens is 4. The second kappa shape index (κ2) is 20.6. The van der Waals surface area contributed by atoms with Gasteiger partial charge in [-0.2, -0.15) is 41.0 Å². The van der Waals surface area contributed by atoms with Crippen LogP contribution >= 0.6 is 23.2 Å². The van der Waals surface area contributed by atoms with Crippen molar-refractivity contribution in [1.29, 1.82) is 0 Å². The Kier molecular flexibility index (Phi) is 18.6. The summed E-state index contributed by atoms with van der Waals surface area (Å²) < 4.78 is 1.26. The van der Waals surface area contributed by atoms with E-state index in [2.05, 4.69) is 165 Å². The summed E-state index contributed by atoms with van der Waals surface area (Å²) in [5.74, 6) is 0. The molecule has 0 atom stereocenters. The average molecular weight is 950 g/mol. The van der Waals surface area contributed by atoms with Crippen molar-refractivity contribution in [2.45, 2.75) is 157 Å². The molecule has 0 aliphatic heterocycles. The van der Waals surface area contributed by atoms with Crippen molar-refractivity contribution in [2.75, 3.05) is 0 Å². The van der Waals surface area contributed by atoms with E-state index < -0.39 is 0 Å².